The molecule has 22 heavy (non-hydrogen) atoms. The van der Waals surface area contributed by atoms with Gasteiger partial charge in [0, 0.05) is 6.08 Å². The van der Waals surface area contributed by atoms with Gasteiger partial charge in [0.05, 0.1) is 24.8 Å². The molecule has 7 heteroatoms. The smallest absolute Gasteiger partial charge is 0.330 e. The van der Waals surface area contributed by atoms with E-state index in [4.69, 9.17) is 4.42 Å². The van der Waals surface area contributed by atoms with Gasteiger partial charge in [-0.2, -0.15) is 0 Å². The molecule has 0 saturated carbocycles. The Morgan fingerprint density at radius 3 is 2.59 bits per heavy atom. The van der Waals surface area contributed by atoms with Gasteiger partial charge in [0.15, 0.2) is 0 Å². The summed E-state index contributed by atoms with van der Waals surface area (Å²) in [5.41, 5.74) is 0.690. The van der Waals surface area contributed by atoms with Crippen LogP contribution < -0.4 is 4.72 Å². The van der Waals surface area contributed by atoms with E-state index < -0.39 is 16.0 Å². The van der Waals surface area contributed by atoms with Crippen LogP contribution in [0.5, 0.6) is 0 Å². The largest absolute Gasteiger partial charge is 0.468 e. The van der Waals surface area contributed by atoms with Crippen molar-refractivity contribution in [2.75, 3.05) is 7.11 Å². The molecule has 0 spiro atoms. The minimum absolute atomic E-state index is 0.0827. The fourth-order valence-electron chi connectivity index (χ4n) is 1.65. The van der Waals surface area contributed by atoms with Crippen molar-refractivity contribution in [2.45, 2.75) is 11.4 Å². The normalized spacial score (nSPS) is 11.7. The van der Waals surface area contributed by atoms with Crippen molar-refractivity contribution >= 4 is 22.1 Å². The van der Waals surface area contributed by atoms with E-state index >= 15 is 0 Å². The maximum Gasteiger partial charge on any atom is 0.330 e. The van der Waals surface area contributed by atoms with Crippen LogP contribution in [-0.2, 0) is 26.1 Å². The van der Waals surface area contributed by atoms with E-state index in [1.807, 2.05) is 0 Å². The molecular formula is C15H15NO5S. The summed E-state index contributed by atoms with van der Waals surface area (Å²) < 4.78 is 36.2. The van der Waals surface area contributed by atoms with E-state index in [2.05, 4.69) is 9.46 Å². The van der Waals surface area contributed by atoms with Crippen LogP contribution in [0.4, 0.5) is 0 Å². The molecule has 116 valence electrons. The molecule has 2 rings (SSSR count). The third-order valence-electron chi connectivity index (χ3n) is 2.82. The molecule has 6 nitrogen and oxygen atoms in total. The second-order valence-corrected chi connectivity index (χ2v) is 6.10. The fraction of sp³-hybridized carbons (Fsp3) is 0.133. The molecular weight excluding hydrogens is 306 g/mol. The Morgan fingerprint density at radius 1 is 1.27 bits per heavy atom. The minimum atomic E-state index is -3.61. The van der Waals surface area contributed by atoms with Gasteiger partial charge in [-0.15, -0.1) is 0 Å². The van der Waals surface area contributed by atoms with Crippen LogP contribution in [0.15, 0.2) is 58.1 Å². The maximum absolute atomic E-state index is 12.1. The van der Waals surface area contributed by atoms with Gasteiger partial charge in [-0.1, -0.05) is 12.1 Å². The summed E-state index contributed by atoms with van der Waals surface area (Å²) in [4.78, 5) is 11.1. The molecule has 0 aliphatic heterocycles. The van der Waals surface area contributed by atoms with Gasteiger partial charge in [-0.25, -0.2) is 17.9 Å². The number of nitrogens with one attached hydrogen (secondary N) is 1. The zero-order valence-electron chi connectivity index (χ0n) is 11.9. The summed E-state index contributed by atoms with van der Waals surface area (Å²) in [5.74, 6) is 0.0537. The standard InChI is InChI=1S/C15H15NO5S/c1-20-15(17)9-6-12-4-7-14(8-5-12)22(18,19)16-11-13-3-2-10-21-13/h2-10,16H,11H2,1H3/b9-6+. The lowest BCUT2D eigenvalue weighted by Gasteiger charge is -2.05. The maximum atomic E-state index is 12.1. The Labute approximate surface area is 128 Å². The molecule has 0 atom stereocenters. The highest BCUT2D eigenvalue weighted by Gasteiger charge is 2.13. The van der Waals surface area contributed by atoms with E-state index in [0.29, 0.717) is 11.3 Å². The van der Waals surface area contributed by atoms with Gasteiger partial charge in [0.25, 0.3) is 0 Å². The first-order valence-corrected chi connectivity index (χ1v) is 7.88. The van der Waals surface area contributed by atoms with Crippen molar-refractivity contribution in [3.05, 3.63) is 60.1 Å². The summed E-state index contributed by atoms with van der Waals surface area (Å²) in [6.07, 6.45) is 4.28. The first-order valence-electron chi connectivity index (χ1n) is 6.39. The summed E-state index contributed by atoms with van der Waals surface area (Å²) in [5, 5.41) is 0. The number of benzene rings is 1. The van der Waals surface area contributed by atoms with E-state index in [9.17, 15) is 13.2 Å². The van der Waals surface area contributed by atoms with E-state index in [0.717, 1.165) is 0 Å². The molecule has 0 aliphatic carbocycles. The first-order chi connectivity index (χ1) is 10.5. The van der Waals surface area contributed by atoms with Crippen LogP contribution in [0.3, 0.4) is 0 Å². The van der Waals surface area contributed by atoms with Crippen LogP contribution in [0.2, 0.25) is 0 Å². The van der Waals surface area contributed by atoms with Crippen LogP contribution in [0.25, 0.3) is 6.08 Å². The molecule has 0 fully saturated rings. The fourth-order valence-corrected chi connectivity index (χ4v) is 2.65. The lowest BCUT2D eigenvalue weighted by molar-refractivity contribution is -0.134. The quantitative estimate of drug-likeness (QED) is 0.649. The summed E-state index contributed by atoms with van der Waals surface area (Å²) in [6.45, 7) is 0.0827. The predicted molar refractivity (Wildman–Crippen MR) is 80.2 cm³/mol. The summed E-state index contributed by atoms with van der Waals surface area (Å²) in [6, 6.07) is 9.49. The Morgan fingerprint density at radius 2 is 2.00 bits per heavy atom. The van der Waals surface area contributed by atoms with Crippen molar-refractivity contribution in [3.8, 4) is 0 Å². The predicted octanol–water partition coefficient (Wildman–Crippen LogP) is 1.94. The van der Waals surface area contributed by atoms with Crippen LogP contribution in [0.1, 0.15) is 11.3 Å². The highest BCUT2D eigenvalue weighted by atomic mass is 32.2. The van der Waals surface area contributed by atoms with Gasteiger partial charge >= 0.3 is 5.97 Å². The number of carbonyl (C=O) groups excluding carboxylic acids is 1. The highest BCUT2D eigenvalue weighted by Crippen LogP contribution is 2.12. The molecule has 0 unspecified atom stereocenters. The molecule has 1 aromatic carbocycles. The van der Waals surface area contributed by atoms with E-state index in [-0.39, 0.29) is 11.4 Å². The summed E-state index contributed by atoms with van der Waals surface area (Å²) in [7, 11) is -2.33. The van der Waals surface area contributed by atoms with E-state index in [1.54, 1.807) is 30.3 Å². The molecule has 1 N–H and O–H groups in total. The second kappa shape index (κ2) is 7.06. The topological polar surface area (TPSA) is 85.6 Å². The number of rotatable bonds is 6. The number of hydrogen-bond acceptors (Lipinski definition) is 5. The van der Waals surface area contributed by atoms with Crippen LogP contribution in [-0.4, -0.2) is 21.5 Å². The van der Waals surface area contributed by atoms with Crippen molar-refractivity contribution < 1.29 is 22.4 Å². The van der Waals surface area contributed by atoms with E-state index in [1.165, 1.54) is 31.6 Å². The van der Waals surface area contributed by atoms with Gasteiger partial charge in [-0.05, 0) is 35.9 Å². The average Bonchev–Trinajstić information content (AvgIpc) is 3.04. The summed E-state index contributed by atoms with van der Waals surface area (Å²) >= 11 is 0. The van der Waals surface area contributed by atoms with Gasteiger partial charge in [0.1, 0.15) is 5.76 Å². The Bertz CT molecular complexity index is 746. The number of carbonyl (C=O) groups is 1. The van der Waals surface area contributed by atoms with Crippen molar-refractivity contribution in [3.63, 3.8) is 0 Å². The molecule has 0 saturated heterocycles. The number of sulfonamides is 1. The molecule has 1 heterocycles. The van der Waals surface area contributed by atoms with Gasteiger partial charge in [0.2, 0.25) is 10.0 Å². The zero-order chi connectivity index (χ0) is 16.0. The van der Waals surface area contributed by atoms with Gasteiger partial charge in [-0.3, -0.25) is 0 Å². The Hall–Kier alpha value is -2.38. The lowest BCUT2D eigenvalue weighted by Crippen LogP contribution is -2.22. The zero-order valence-corrected chi connectivity index (χ0v) is 12.7. The third-order valence-corrected chi connectivity index (χ3v) is 4.24. The monoisotopic (exact) mass is 321 g/mol. The van der Waals surface area contributed by atoms with Crippen molar-refractivity contribution in [1.29, 1.82) is 0 Å². The van der Waals surface area contributed by atoms with Crippen molar-refractivity contribution in [2.24, 2.45) is 0 Å². The molecule has 0 bridgehead atoms. The first kappa shape index (κ1) is 16.0. The van der Waals surface area contributed by atoms with Crippen molar-refractivity contribution in [1.82, 2.24) is 4.72 Å². The number of hydrogen-bond donors (Lipinski definition) is 1. The average molecular weight is 321 g/mol. The number of esters is 1. The SMILES string of the molecule is COC(=O)/C=C/c1ccc(S(=O)(=O)NCc2ccco2)cc1. The Kier molecular flexibility index (Phi) is 5.13. The van der Waals surface area contributed by atoms with Crippen LogP contribution in [0, 0.1) is 0 Å². The molecule has 0 radical (unpaired) electrons. The highest BCUT2D eigenvalue weighted by molar-refractivity contribution is 7.89. The number of furan rings is 1. The number of ether oxygens (including phenoxy) is 1. The van der Waals surface area contributed by atoms with Gasteiger partial charge < -0.3 is 9.15 Å². The third kappa shape index (κ3) is 4.31. The minimum Gasteiger partial charge on any atom is -0.468 e. The number of methoxy groups -OCH3 is 1. The van der Waals surface area contributed by atoms with Crippen LogP contribution >= 0.6 is 0 Å². The molecule has 0 amide bonds. The molecule has 1 aromatic heterocycles. The molecule has 0 aliphatic rings. The second-order valence-electron chi connectivity index (χ2n) is 4.33. The Balaban J connectivity index is 2.05. The molecule has 2 aromatic rings. The lowest BCUT2D eigenvalue weighted by atomic mass is 10.2.